The molecule has 0 aliphatic rings. The Morgan fingerprint density at radius 2 is 1.22 bits per heavy atom. The minimum atomic E-state index is 1.14. The number of aryl methyl sites for hydroxylation is 3. The summed E-state index contributed by atoms with van der Waals surface area (Å²) in [4.78, 5) is 5.78. The highest BCUT2D eigenvalue weighted by Crippen LogP contribution is 2.17. The van der Waals surface area contributed by atoms with Gasteiger partial charge in [0.15, 0.2) is 0 Å². The van der Waals surface area contributed by atoms with Gasteiger partial charge in [0.05, 0.1) is 10.7 Å². The largest absolute Gasteiger partial charge is 0.246 e. The fourth-order valence-electron chi connectivity index (χ4n) is 0.860. The van der Waals surface area contributed by atoms with Crippen molar-refractivity contribution in [1.29, 1.82) is 0 Å². The maximum atomic E-state index is 4.42. The standard InChI is InChI=1S/C8H13NS.4C2H6/c1-4-5-8-9-6(2)7(3)10-8;4*1-2/h4-5H2,1-3H3;4*1-2H3. The quantitative estimate of drug-likeness (QED) is 0.577. The summed E-state index contributed by atoms with van der Waals surface area (Å²) < 4.78 is 0. The molecule has 1 rings (SSSR count). The predicted octanol–water partition coefficient (Wildman–Crippen LogP) is 6.82. The molecule has 0 saturated heterocycles. The van der Waals surface area contributed by atoms with E-state index in [-0.39, 0.29) is 0 Å². The lowest BCUT2D eigenvalue weighted by atomic mass is 10.3. The molecule has 0 amide bonds. The van der Waals surface area contributed by atoms with Crippen molar-refractivity contribution < 1.29 is 0 Å². The molecule has 1 nitrogen and oxygen atoms in total. The summed E-state index contributed by atoms with van der Waals surface area (Å²) in [6.45, 7) is 22.4. The zero-order valence-corrected chi connectivity index (χ0v) is 15.6. The lowest BCUT2D eigenvalue weighted by Crippen LogP contribution is -1.80. The van der Waals surface area contributed by atoms with Crippen molar-refractivity contribution in [2.45, 2.75) is 89.0 Å². The highest BCUT2D eigenvalue weighted by atomic mass is 32.1. The fourth-order valence-corrected chi connectivity index (χ4v) is 1.90. The Bertz CT molecular complexity index is 197. The Morgan fingerprint density at radius 3 is 1.44 bits per heavy atom. The van der Waals surface area contributed by atoms with Gasteiger partial charge in [0.1, 0.15) is 0 Å². The molecule has 0 aliphatic heterocycles. The molecule has 0 aliphatic carbocycles. The van der Waals surface area contributed by atoms with Crippen molar-refractivity contribution in [3.63, 3.8) is 0 Å². The number of hydrogen-bond acceptors (Lipinski definition) is 2. The van der Waals surface area contributed by atoms with Gasteiger partial charge in [-0.25, -0.2) is 4.98 Å². The summed E-state index contributed by atoms with van der Waals surface area (Å²) in [5, 5.41) is 1.29. The Hall–Kier alpha value is -0.370. The predicted molar refractivity (Wildman–Crippen MR) is 91.0 cm³/mol. The van der Waals surface area contributed by atoms with Crippen LogP contribution < -0.4 is 0 Å². The van der Waals surface area contributed by atoms with Gasteiger partial charge in [-0.15, -0.1) is 11.3 Å². The summed E-state index contributed by atoms with van der Waals surface area (Å²) in [6.07, 6.45) is 2.34. The van der Waals surface area contributed by atoms with E-state index in [1.54, 1.807) is 0 Å². The van der Waals surface area contributed by atoms with Crippen LogP contribution in [-0.4, -0.2) is 4.98 Å². The molecule has 0 fully saturated rings. The normalized spacial score (nSPS) is 7.06. The number of nitrogens with zero attached hydrogens (tertiary/aromatic N) is 1. The molecule has 1 heterocycles. The van der Waals surface area contributed by atoms with Gasteiger partial charge in [-0.05, 0) is 26.7 Å². The molecule has 112 valence electrons. The lowest BCUT2D eigenvalue weighted by Gasteiger charge is -1.85. The molecule has 18 heavy (non-hydrogen) atoms. The second-order valence-electron chi connectivity index (χ2n) is 2.50. The zero-order chi connectivity index (χ0) is 15.6. The fraction of sp³-hybridized carbons (Fsp3) is 0.812. The van der Waals surface area contributed by atoms with Crippen LogP contribution in [0.5, 0.6) is 0 Å². The average Bonchev–Trinajstić information content (AvgIpc) is 2.78. The first-order valence-electron chi connectivity index (χ1n) is 7.67. The minimum absolute atomic E-state index is 1.14. The zero-order valence-electron chi connectivity index (χ0n) is 14.8. The number of thiazole rings is 1. The highest BCUT2D eigenvalue weighted by Gasteiger charge is 2.00. The van der Waals surface area contributed by atoms with E-state index < -0.39 is 0 Å². The van der Waals surface area contributed by atoms with Crippen LogP contribution in [0, 0.1) is 13.8 Å². The summed E-state index contributed by atoms with van der Waals surface area (Å²) in [7, 11) is 0. The SMILES string of the molecule is CC.CC.CC.CC.CCCc1nc(C)c(C)s1. The van der Waals surface area contributed by atoms with E-state index >= 15 is 0 Å². The van der Waals surface area contributed by atoms with Crippen molar-refractivity contribution >= 4 is 11.3 Å². The van der Waals surface area contributed by atoms with Crippen molar-refractivity contribution in [3.8, 4) is 0 Å². The van der Waals surface area contributed by atoms with E-state index in [0.717, 1.165) is 6.42 Å². The third-order valence-electron chi connectivity index (χ3n) is 1.54. The monoisotopic (exact) mass is 275 g/mol. The Kier molecular flexibility index (Phi) is 37.1. The van der Waals surface area contributed by atoms with Crippen LogP contribution in [0.15, 0.2) is 0 Å². The van der Waals surface area contributed by atoms with Crippen LogP contribution in [0.2, 0.25) is 0 Å². The first-order valence-corrected chi connectivity index (χ1v) is 8.48. The van der Waals surface area contributed by atoms with Crippen LogP contribution in [0.3, 0.4) is 0 Å². The third-order valence-corrected chi connectivity index (χ3v) is 2.67. The maximum Gasteiger partial charge on any atom is 0.0930 e. The summed E-state index contributed by atoms with van der Waals surface area (Å²) in [6, 6.07) is 0. The second-order valence-corrected chi connectivity index (χ2v) is 3.79. The summed E-state index contributed by atoms with van der Waals surface area (Å²) >= 11 is 1.83. The van der Waals surface area contributed by atoms with Crippen LogP contribution in [0.25, 0.3) is 0 Å². The molecule has 0 saturated carbocycles. The Balaban J connectivity index is -0.000000105. The molecule has 0 radical (unpaired) electrons. The Labute approximate surface area is 121 Å². The molecule has 0 unspecified atom stereocenters. The second kappa shape index (κ2) is 25.5. The first-order chi connectivity index (χ1) is 8.74. The molecular formula is C16H37NS. The first kappa shape index (κ1) is 26.2. The van der Waals surface area contributed by atoms with Gasteiger partial charge >= 0.3 is 0 Å². The third kappa shape index (κ3) is 15.6. The molecule has 0 spiro atoms. The van der Waals surface area contributed by atoms with E-state index in [1.807, 2.05) is 66.7 Å². The van der Waals surface area contributed by atoms with Crippen molar-refractivity contribution in [1.82, 2.24) is 4.98 Å². The topological polar surface area (TPSA) is 12.9 Å². The molecule has 1 aromatic heterocycles. The molecule has 0 bridgehead atoms. The van der Waals surface area contributed by atoms with Crippen molar-refractivity contribution in [3.05, 3.63) is 15.6 Å². The lowest BCUT2D eigenvalue weighted by molar-refractivity contribution is 0.903. The van der Waals surface area contributed by atoms with Gasteiger partial charge in [-0.1, -0.05) is 62.3 Å². The van der Waals surface area contributed by atoms with Crippen molar-refractivity contribution in [2.75, 3.05) is 0 Å². The molecular weight excluding hydrogens is 238 g/mol. The van der Waals surface area contributed by atoms with Crippen molar-refractivity contribution in [2.24, 2.45) is 0 Å². The van der Waals surface area contributed by atoms with Gasteiger partial charge < -0.3 is 0 Å². The van der Waals surface area contributed by atoms with E-state index in [1.165, 1.54) is 22.0 Å². The number of hydrogen-bond donors (Lipinski definition) is 0. The van der Waals surface area contributed by atoms with Gasteiger partial charge in [0, 0.05) is 4.88 Å². The Morgan fingerprint density at radius 1 is 0.833 bits per heavy atom. The number of aromatic nitrogens is 1. The average molecular weight is 276 g/mol. The minimum Gasteiger partial charge on any atom is -0.246 e. The van der Waals surface area contributed by atoms with E-state index in [9.17, 15) is 0 Å². The van der Waals surface area contributed by atoms with Crippen LogP contribution in [-0.2, 0) is 6.42 Å². The molecule has 0 aromatic carbocycles. The smallest absolute Gasteiger partial charge is 0.0930 e. The molecule has 0 N–H and O–H groups in total. The number of rotatable bonds is 2. The van der Waals surface area contributed by atoms with Gasteiger partial charge in [0.2, 0.25) is 0 Å². The van der Waals surface area contributed by atoms with E-state index in [4.69, 9.17) is 0 Å². The molecule has 0 atom stereocenters. The van der Waals surface area contributed by atoms with Gasteiger partial charge in [0.25, 0.3) is 0 Å². The molecule has 2 heteroatoms. The summed E-state index contributed by atoms with van der Waals surface area (Å²) in [5.41, 5.74) is 1.20. The van der Waals surface area contributed by atoms with Crippen LogP contribution in [0.1, 0.15) is 84.3 Å². The maximum absolute atomic E-state index is 4.42. The van der Waals surface area contributed by atoms with Crippen LogP contribution >= 0.6 is 11.3 Å². The van der Waals surface area contributed by atoms with Crippen LogP contribution in [0.4, 0.5) is 0 Å². The highest BCUT2D eigenvalue weighted by molar-refractivity contribution is 7.11. The molecule has 1 aromatic rings. The van der Waals surface area contributed by atoms with E-state index in [0.29, 0.717) is 0 Å². The van der Waals surface area contributed by atoms with E-state index in [2.05, 4.69) is 25.8 Å². The van der Waals surface area contributed by atoms with Gasteiger partial charge in [-0.2, -0.15) is 0 Å². The summed E-state index contributed by atoms with van der Waals surface area (Å²) in [5.74, 6) is 0. The van der Waals surface area contributed by atoms with Gasteiger partial charge in [-0.3, -0.25) is 0 Å².